The Bertz CT molecular complexity index is 992. The van der Waals surface area contributed by atoms with Gasteiger partial charge in [0.25, 0.3) is 0 Å². The van der Waals surface area contributed by atoms with Crippen molar-refractivity contribution in [3.8, 4) is 5.69 Å². The number of benzene rings is 2. The maximum absolute atomic E-state index is 12.2. The van der Waals surface area contributed by atoms with E-state index in [9.17, 15) is 4.79 Å². The lowest BCUT2D eigenvalue weighted by molar-refractivity contribution is -0.111. The Morgan fingerprint density at radius 3 is 2.65 bits per heavy atom. The minimum Gasteiger partial charge on any atom is -0.322 e. The Hall–Kier alpha value is -2.56. The van der Waals surface area contributed by atoms with E-state index < -0.39 is 0 Å². The number of rotatable bonds is 4. The smallest absolute Gasteiger partial charge is 0.248 e. The van der Waals surface area contributed by atoms with Gasteiger partial charge in [0.1, 0.15) is 0 Å². The average Bonchev–Trinajstić information content (AvgIpc) is 2.95. The molecular formula is C20H17Cl2N3O. The fraction of sp³-hybridized carbons (Fsp3) is 0.100. The van der Waals surface area contributed by atoms with Gasteiger partial charge in [0.05, 0.1) is 22.1 Å². The highest BCUT2D eigenvalue weighted by atomic mass is 35.5. The molecule has 6 heteroatoms. The van der Waals surface area contributed by atoms with Gasteiger partial charge >= 0.3 is 0 Å². The number of imidazole rings is 1. The zero-order chi connectivity index (χ0) is 18.7. The van der Waals surface area contributed by atoms with Gasteiger partial charge in [-0.2, -0.15) is 0 Å². The molecule has 0 radical (unpaired) electrons. The Kier molecular flexibility index (Phi) is 5.45. The van der Waals surface area contributed by atoms with E-state index in [-0.39, 0.29) is 5.91 Å². The summed E-state index contributed by atoms with van der Waals surface area (Å²) in [6.07, 6.45) is 4.83. The Labute approximate surface area is 162 Å². The van der Waals surface area contributed by atoms with E-state index in [0.29, 0.717) is 21.3 Å². The molecule has 0 atom stereocenters. The highest BCUT2D eigenvalue weighted by molar-refractivity contribution is 6.42. The van der Waals surface area contributed by atoms with Gasteiger partial charge in [-0.15, -0.1) is 0 Å². The first-order valence-electron chi connectivity index (χ1n) is 8.00. The Morgan fingerprint density at radius 2 is 1.92 bits per heavy atom. The molecule has 1 N–H and O–H groups in total. The van der Waals surface area contributed by atoms with Crippen molar-refractivity contribution in [2.24, 2.45) is 0 Å². The summed E-state index contributed by atoms with van der Waals surface area (Å²) >= 11 is 12.1. The number of carbonyl (C=O) groups excluding carboxylic acids is 1. The van der Waals surface area contributed by atoms with Crippen LogP contribution in [0.25, 0.3) is 11.8 Å². The van der Waals surface area contributed by atoms with Gasteiger partial charge in [-0.1, -0.05) is 41.4 Å². The maximum atomic E-state index is 12.2. The van der Waals surface area contributed by atoms with Crippen molar-refractivity contribution in [2.45, 2.75) is 13.8 Å². The molecule has 0 unspecified atom stereocenters. The molecule has 3 aromatic rings. The van der Waals surface area contributed by atoms with Gasteiger partial charge in [0.2, 0.25) is 5.91 Å². The molecule has 0 saturated carbocycles. The normalized spacial score (nSPS) is 11.1. The van der Waals surface area contributed by atoms with Crippen LogP contribution < -0.4 is 5.32 Å². The summed E-state index contributed by atoms with van der Waals surface area (Å²) in [6.45, 7) is 3.97. The number of nitrogens with zero attached hydrogens (tertiary/aromatic N) is 2. The minimum absolute atomic E-state index is 0.253. The van der Waals surface area contributed by atoms with Crippen molar-refractivity contribution >= 4 is 40.9 Å². The van der Waals surface area contributed by atoms with Crippen LogP contribution in [0.1, 0.15) is 17.0 Å². The molecular weight excluding hydrogens is 369 g/mol. The fourth-order valence-electron chi connectivity index (χ4n) is 2.49. The molecule has 3 rings (SSSR count). The van der Waals surface area contributed by atoms with Crippen molar-refractivity contribution in [1.82, 2.24) is 9.55 Å². The second kappa shape index (κ2) is 7.77. The highest BCUT2D eigenvalue weighted by Gasteiger charge is 2.06. The SMILES string of the molecule is Cc1ncn(-c2cccc(NC(=O)/C=C/c3cccc(Cl)c3Cl)c2)c1C. The number of aryl methyl sites for hydroxylation is 1. The minimum atomic E-state index is -0.253. The van der Waals surface area contributed by atoms with Crippen LogP contribution in [-0.4, -0.2) is 15.5 Å². The lowest BCUT2D eigenvalue weighted by Crippen LogP contribution is -2.08. The first-order valence-corrected chi connectivity index (χ1v) is 8.75. The van der Waals surface area contributed by atoms with Crippen LogP contribution in [-0.2, 0) is 4.79 Å². The van der Waals surface area contributed by atoms with E-state index in [4.69, 9.17) is 23.2 Å². The van der Waals surface area contributed by atoms with Crippen LogP contribution >= 0.6 is 23.2 Å². The molecule has 0 aliphatic rings. The highest BCUT2D eigenvalue weighted by Crippen LogP contribution is 2.26. The van der Waals surface area contributed by atoms with Crippen LogP contribution in [0, 0.1) is 13.8 Å². The maximum Gasteiger partial charge on any atom is 0.248 e. The van der Waals surface area contributed by atoms with Crippen LogP contribution in [0.2, 0.25) is 10.0 Å². The first kappa shape index (κ1) is 18.2. The third-order valence-corrected chi connectivity index (χ3v) is 4.87. The van der Waals surface area contributed by atoms with Gasteiger partial charge in [-0.3, -0.25) is 4.79 Å². The van der Waals surface area contributed by atoms with Crippen molar-refractivity contribution in [1.29, 1.82) is 0 Å². The third-order valence-electron chi connectivity index (χ3n) is 4.04. The van der Waals surface area contributed by atoms with Gasteiger partial charge in [-0.05, 0) is 49.8 Å². The van der Waals surface area contributed by atoms with Crippen molar-refractivity contribution in [3.05, 3.63) is 81.9 Å². The quantitative estimate of drug-likeness (QED) is 0.607. The summed E-state index contributed by atoms with van der Waals surface area (Å²) < 4.78 is 1.98. The molecule has 0 saturated heterocycles. The lowest BCUT2D eigenvalue weighted by atomic mass is 10.2. The Balaban J connectivity index is 1.76. The molecule has 4 nitrogen and oxygen atoms in total. The number of hydrogen-bond acceptors (Lipinski definition) is 2. The standard InChI is InChI=1S/C20H17Cl2N3O/c1-13-14(2)25(12-23-13)17-7-4-6-16(11-17)24-19(26)10-9-15-5-3-8-18(21)20(15)22/h3-12H,1-2H3,(H,24,26)/b10-9+. The van der Waals surface area contributed by atoms with Crippen LogP contribution in [0.15, 0.2) is 54.9 Å². The van der Waals surface area contributed by atoms with E-state index in [0.717, 1.165) is 17.1 Å². The molecule has 0 fully saturated rings. The van der Waals surface area contributed by atoms with Gasteiger partial charge in [0.15, 0.2) is 0 Å². The molecule has 0 spiro atoms. The average molecular weight is 386 g/mol. The van der Waals surface area contributed by atoms with E-state index in [1.165, 1.54) is 6.08 Å². The van der Waals surface area contributed by atoms with E-state index in [2.05, 4.69) is 10.3 Å². The summed E-state index contributed by atoms with van der Waals surface area (Å²) in [7, 11) is 0. The lowest BCUT2D eigenvalue weighted by Gasteiger charge is -2.08. The number of halogens is 2. The molecule has 26 heavy (non-hydrogen) atoms. The number of anilines is 1. The number of amides is 1. The summed E-state index contributed by atoms with van der Waals surface area (Å²) in [5.41, 5.74) is 4.35. The number of carbonyl (C=O) groups is 1. The van der Waals surface area contributed by atoms with Crippen molar-refractivity contribution in [2.75, 3.05) is 5.32 Å². The predicted molar refractivity (Wildman–Crippen MR) is 107 cm³/mol. The molecule has 132 valence electrons. The van der Waals surface area contributed by atoms with Crippen LogP contribution in [0.3, 0.4) is 0 Å². The number of nitrogens with one attached hydrogen (secondary N) is 1. The molecule has 1 heterocycles. The fourth-order valence-corrected chi connectivity index (χ4v) is 2.86. The topological polar surface area (TPSA) is 46.9 Å². The van der Waals surface area contributed by atoms with Crippen LogP contribution in [0.4, 0.5) is 5.69 Å². The van der Waals surface area contributed by atoms with Crippen molar-refractivity contribution in [3.63, 3.8) is 0 Å². The van der Waals surface area contributed by atoms with Gasteiger partial charge < -0.3 is 9.88 Å². The van der Waals surface area contributed by atoms with E-state index in [1.807, 2.05) is 42.7 Å². The number of hydrogen-bond donors (Lipinski definition) is 1. The summed E-state index contributed by atoms with van der Waals surface area (Å²) in [5.74, 6) is -0.253. The second-order valence-corrected chi connectivity index (χ2v) is 6.59. The Morgan fingerprint density at radius 1 is 1.15 bits per heavy atom. The molecule has 1 aromatic heterocycles. The monoisotopic (exact) mass is 385 g/mol. The summed E-state index contributed by atoms with van der Waals surface area (Å²) in [5, 5.41) is 3.72. The van der Waals surface area contributed by atoms with Gasteiger partial charge in [0, 0.05) is 23.1 Å². The van der Waals surface area contributed by atoms with E-state index >= 15 is 0 Å². The summed E-state index contributed by atoms with van der Waals surface area (Å²) in [6, 6.07) is 12.9. The third kappa shape index (κ3) is 3.98. The molecule has 0 bridgehead atoms. The van der Waals surface area contributed by atoms with Crippen molar-refractivity contribution < 1.29 is 4.79 Å². The largest absolute Gasteiger partial charge is 0.322 e. The number of aromatic nitrogens is 2. The van der Waals surface area contributed by atoms with Crippen LogP contribution in [0.5, 0.6) is 0 Å². The van der Waals surface area contributed by atoms with E-state index in [1.54, 1.807) is 30.6 Å². The molecule has 2 aromatic carbocycles. The molecule has 1 amide bonds. The molecule has 0 aliphatic carbocycles. The second-order valence-electron chi connectivity index (χ2n) is 5.80. The predicted octanol–water partition coefficient (Wildman–Crippen LogP) is 5.45. The molecule has 0 aliphatic heterocycles. The summed E-state index contributed by atoms with van der Waals surface area (Å²) in [4.78, 5) is 16.5. The first-order chi connectivity index (χ1) is 12.5. The zero-order valence-corrected chi connectivity index (χ0v) is 15.8. The van der Waals surface area contributed by atoms with Gasteiger partial charge in [-0.25, -0.2) is 4.98 Å². The zero-order valence-electron chi connectivity index (χ0n) is 14.3.